The van der Waals surface area contributed by atoms with Gasteiger partial charge in [-0.25, -0.2) is 9.11 Å². The molecule has 0 amide bonds. The minimum Gasteiger partial charge on any atom is -0.484 e. The van der Waals surface area contributed by atoms with Gasteiger partial charge in [-0.3, -0.25) is 4.79 Å². The van der Waals surface area contributed by atoms with E-state index in [2.05, 4.69) is 14.0 Å². The average Bonchev–Trinajstić information content (AvgIpc) is 2.03. The first-order valence-electron chi connectivity index (χ1n) is 3.08. The van der Waals surface area contributed by atoms with E-state index in [4.69, 9.17) is 0 Å². The van der Waals surface area contributed by atoms with Gasteiger partial charge in [0.15, 0.2) is 0 Å². The highest BCUT2D eigenvalue weighted by Crippen LogP contribution is 1.98. The Morgan fingerprint density at radius 2 is 2.25 bits per heavy atom. The first kappa shape index (κ1) is 10.9. The second-order valence-electron chi connectivity index (χ2n) is 1.81. The molecule has 0 aromatic rings. The predicted octanol–water partition coefficient (Wildman–Crippen LogP) is -0.308. The number of hydrogen-bond donors (Lipinski definition) is 0. The number of methoxy groups -OCH3 is 1. The Labute approximate surface area is 69.0 Å². The van der Waals surface area contributed by atoms with Crippen molar-refractivity contribution in [3.05, 3.63) is 0 Å². The van der Waals surface area contributed by atoms with E-state index in [0.29, 0.717) is 0 Å². The summed E-state index contributed by atoms with van der Waals surface area (Å²) >= 11 is 0. The summed E-state index contributed by atoms with van der Waals surface area (Å²) in [5, 5.41) is 0. The lowest BCUT2D eigenvalue weighted by atomic mass is 10.2. The van der Waals surface area contributed by atoms with Gasteiger partial charge in [-0.1, -0.05) is 0 Å². The fraction of sp³-hybridized carbons (Fsp3) is 0.600. The molecule has 0 aliphatic heterocycles. The van der Waals surface area contributed by atoms with Crippen LogP contribution in [0, 0.1) is 0 Å². The quantitative estimate of drug-likeness (QED) is 0.328. The zero-order valence-electron chi connectivity index (χ0n) is 6.65. The molecule has 0 N–H and O–H groups in total. The average molecular weight is 178 g/mol. The van der Waals surface area contributed by atoms with Crippen LogP contribution >= 0.6 is 0 Å². The van der Waals surface area contributed by atoms with Crippen LogP contribution in [0.3, 0.4) is 0 Å². The molecule has 0 radical (unpaired) electrons. The minimum absolute atomic E-state index is 0.116. The molecule has 12 heavy (non-hydrogen) atoms. The summed E-state index contributed by atoms with van der Waals surface area (Å²) in [6.45, 7) is 1.15. The number of ether oxygens (including phenoxy) is 1. The van der Waals surface area contributed by atoms with Crippen molar-refractivity contribution in [2.24, 2.45) is 0 Å². The molecule has 0 saturated carbocycles. The van der Waals surface area contributed by atoms with E-state index in [1.165, 1.54) is 6.92 Å². The van der Waals surface area contributed by atoms with Crippen molar-refractivity contribution in [2.45, 2.75) is 13.0 Å². The molecule has 0 aliphatic carbocycles. The molecule has 0 heterocycles. The van der Waals surface area contributed by atoms with Crippen LogP contribution in [0.5, 0.6) is 0 Å². The van der Waals surface area contributed by atoms with E-state index in [1.807, 2.05) is 0 Å². The van der Waals surface area contributed by atoms with Crippen molar-refractivity contribution in [1.82, 2.24) is 0 Å². The largest absolute Gasteiger partial charge is 0.757 e. The highest BCUT2D eigenvalue weighted by molar-refractivity contribution is 6.37. The summed E-state index contributed by atoms with van der Waals surface area (Å²) in [5.74, 6) is -0.743. The third-order valence-electron chi connectivity index (χ3n) is 1.01. The van der Waals surface area contributed by atoms with E-state index in [9.17, 15) is 13.9 Å². The lowest BCUT2D eigenvalue weighted by Gasteiger charge is -2.09. The van der Waals surface area contributed by atoms with Crippen molar-refractivity contribution in [2.75, 3.05) is 7.11 Å². The first-order valence-corrected chi connectivity index (χ1v) is 3.08. The number of halogens is 1. The topological polar surface area (TPSA) is 61.8 Å². The molecular weight excluding hydrogens is 170 g/mol. The van der Waals surface area contributed by atoms with Gasteiger partial charge in [0.1, 0.15) is 6.10 Å². The molecule has 1 unspecified atom stereocenters. The van der Waals surface area contributed by atoms with E-state index < -0.39 is 19.5 Å². The molecule has 0 aromatic heterocycles. The number of carbonyl (C=O) groups is 2. The Hall–Kier alpha value is -1.11. The number of rotatable bonds is 5. The van der Waals surface area contributed by atoms with Gasteiger partial charge in [0.05, 0.1) is 7.11 Å². The fourth-order valence-corrected chi connectivity index (χ4v) is 0.458. The van der Waals surface area contributed by atoms with Gasteiger partial charge in [-0.05, 0) is 6.92 Å². The van der Waals surface area contributed by atoms with Gasteiger partial charge in [0, 0.05) is 0 Å². The number of esters is 1. The molecule has 0 aliphatic rings. The van der Waals surface area contributed by atoms with Crippen LogP contribution in [0.1, 0.15) is 6.92 Å². The maximum atomic E-state index is 12.3. The van der Waals surface area contributed by atoms with Gasteiger partial charge in [-0.15, -0.1) is 0 Å². The maximum Gasteiger partial charge on any atom is 0.757 e. The van der Waals surface area contributed by atoms with Crippen LogP contribution < -0.4 is 0 Å². The highest BCUT2D eigenvalue weighted by Gasteiger charge is 2.27. The summed E-state index contributed by atoms with van der Waals surface area (Å²) in [5.41, 5.74) is 0. The van der Waals surface area contributed by atoms with Crippen LogP contribution in [0.25, 0.3) is 0 Å². The smallest absolute Gasteiger partial charge is 0.484 e. The highest BCUT2D eigenvalue weighted by atomic mass is 19.1. The summed E-state index contributed by atoms with van der Waals surface area (Å²) in [7, 11) is -1.10. The standard InChI is InChI=1S/C5H8BFO5/c1-4(5(9)10-2)12-6(7)11-3-8/h3-4H,1-2H3. The number of carbonyl (C=O) groups excluding carboxylic acids is 2. The Kier molecular flexibility index (Phi) is 5.02. The molecule has 0 spiro atoms. The van der Waals surface area contributed by atoms with Crippen molar-refractivity contribution in [3.8, 4) is 0 Å². The maximum absolute atomic E-state index is 12.3. The Balaban J connectivity index is 3.74. The fourth-order valence-electron chi connectivity index (χ4n) is 0.458. The molecule has 5 nitrogen and oxygen atoms in total. The molecule has 0 bridgehead atoms. The predicted molar refractivity (Wildman–Crippen MR) is 36.6 cm³/mol. The molecule has 0 aromatic carbocycles. The van der Waals surface area contributed by atoms with E-state index >= 15 is 0 Å². The Morgan fingerprint density at radius 1 is 1.67 bits per heavy atom. The summed E-state index contributed by atoms with van der Waals surface area (Å²) in [6.07, 6.45) is -1.11. The van der Waals surface area contributed by atoms with Gasteiger partial charge >= 0.3 is 13.4 Å². The van der Waals surface area contributed by atoms with Gasteiger partial charge in [-0.2, -0.15) is 0 Å². The van der Waals surface area contributed by atoms with Crippen molar-refractivity contribution in [3.63, 3.8) is 0 Å². The first-order chi connectivity index (χ1) is 5.61. The van der Waals surface area contributed by atoms with Gasteiger partial charge < -0.3 is 14.0 Å². The van der Waals surface area contributed by atoms with Crippen LogP contribution in [0.2, 0.25) is 0 Å². The Bertz CT molecular complexity index is 164. The second-order valence-corrected chi connectivity index (χ2v) is 1.81. The van der Waals surface area contributed by atoms with Crippen LogP contribution in [0.15, 0.2) is 0 Å². The normalized spacial score (nSPS) is 11.6. The number of hydrogen-bond acceptors (Lipinski definition) is 5. The molecule has 68 valence electrons. The lowest BCUT2D eigenvalue weighted by molar-refractivity contribution is -0.149. The molecule has 7 heteroatoms. The van der Waals surface area contributed by atoms with Crippen molar-refractivity contribution < 1.29 is 28.0 Å². The Morgan fingerprint density at radius 3 is 2.67 bits per heavy atom. The zero-order chi connectivity index (χ0) is 9.56. The zero-order valence-corrected chi connectivity index (χ0v) is 6.65. The molecular formula is C5H8BFO5. The third kappa shape index (κ3) is 3.92. The monoisotopic (exact) mass is 178 g/mol. The summed E-state index contributed by atoms with van der Waals surface area (Å²) < 4.78 is 24.5. The van der Waals surface area contributed by atoms with Crippen LogP contribution in [-0.2, 0) is 23.6 Å². The summed E-state index contributed by atoms with van der Waals surface area (Å²) in [6, 6.07) is 0. The van der Waals surface area contributed by atoms with E-state index in [1.54, 1.807) is 0 Å². The van der Waals surface area contributed by atoms with Crippen LogP contribution in [0.4, 0.5) is 4.32 Å². The third-order valence-corrected chi connectivity index (χ3v) is 1.01. The van der Waals surface area contributed by atoms with Crippen molar-refractivity contribution in [1.29, 1.82) is 0 Å². The SMILES string of the molecule is COC(=O)C(C)OB(F)OC=O. The van der Waals surface area contributed by atoms with E-state index in [-0.39, 0.29) is 6.47 Å². The lowest BCUT2D eigenvalue weighted by Crippen LogP contribution is -2.29. The molecule has 0 saturated heterocycles. The van der Waals surface area contributed by atoms with Crippen molar-refractivity contribution >= 4 is 19.8 Å². The van der Waals surface area contributed by atoms with E-state index in [0.717, 1.165) is 7.11 Å². The molecule has 1 atom stereocenters. The van der Waals surface area contributed by atoms with Gasteiger partial charge in [0.25, 0.3) is 6.47 Å². The van der Waals surface area contributed by atoms with Gasteiger partial charge in [0.2, 0.25) is 0 Å². The molecule has 0 fully saturated rings. The molecule has 0 rings (SSSR count). The van der Waals surface area contributed by atoms with Crippen LogP contribution in [-0.4, -0.2) is 33.1 Å². The minimum atomic E-state index is -2.24. The second kappa shape index (κ2) is 5.53. The summed E-state index contributed by atoms with van der Waals surface area (Å²) in [4.78, 5) is 20.2.